The van der Waals surface area contributed by atoms with E-state index in [0.29, 0.717) is 0 Å². The fraction of sp³-hybridized carbons (Fsp3) is 0.500. The highest BCUT2D eigenvalue weighted by Gasteiger charge is 2.19. The maximum Gasteiger partial charge on any atom is 0.322 e. The summed E-state index contributed by atoms with van der Waals surface area (Å²) in [4.78, 5) is 10.4. The van der Waals surface area contributed by atoms with Crippen molar-refractivity contribution in [2.75, 3.05) is 6.26 Å². The van der Waals surface area contributed by atoms with Crippen LogP contribution in [0.4, 0.5) is 0 Å². The van der Waals surface area contributed by atoms with E-state index < -0.39 is 22.0 Å². The molecule has 0 aliphatic rings. The first-order valence-corrected chi connectivity index (χ1v) is 5.07. The van der Waals surface area contributed by atoms with Crippen molar-refractivity contribution in [3.8, 4) is 0 Å². The van der Waals surface area contributed by atoms with E-state index >= 15 is 0 Å². The highest BCUT2D eigenvalue weighted by molar-refractivity contribution is 7.88. The summed E-state index contributed by atoms with van der Waals surface area (Å²) in [5.41, 5.74) is 0. The lowest BCUT2D eigenvalue weighted by molar-refractivity contribution is -0.138. The summed E-state index contributed by atoms with van der Waals surface area (Å²) in [5.74, 6) is -1.21. The molecule has 70 valence electrons. The van der Waals surface area contributed by atoms with Crippen LogP contribution in [0.2, 0.25) is 0 Å². The minimum absolute atomic E-state index is 0.0718. The van der Waals surface area contributed by atoms with Crippen molar-refractivity contribution in [1.29, 1.82) is 0 Å². The van der Waals surface area contributed by atoms with Crippen LogP contribution >= 0.6 is 0 Å². The zero-order chi connectivity index (χ0) is 9.78. The molecule has 0 bridgehead atoms. The van der Waals surface area contributed by atoms with Gasteiger partial charge in [0.15, 0.2) is 0 Å². The Hall–Kier alpha value is -0.880. The molecule has 1 atom stereocenters. The van der Waals surface area contributed by atoms with Gasteiger partial charge in [-0.1, -0.05) is 6.08 Å². The summed E-state index contributed by atoms with van der Waals surface area (Å²) in [6, 6.07) is -1.11. The minimum atomic E-state index is -3.47. The van der Waals surface area contributed by atoms with E-state index in [2.05, 4.69) is 6.58 Å². The molecule has 5 nitrogen and oxygen atoms in total. The molecule has 0 heterocycles. The molecule has 0 aromatic carbocycles. The van der Waals surface area contributed by atoms with Gasteiger partial charge in [-0.15, -0.1) is 6.58 Å². The molecule has 0 radical (unpaired) electrons. The number of rotatable bonds is 5. The fourth-order valence-electron chi connectivity index (χ4n) is 0.624. The van der Waals surface area contributed by atoms with Gasteiger partial charge in [0, 0.05) is 0 Å². The summed E-state index contributed by atoms with van der Waals surface area (Å²) < 4.78 is 23.2. The first-order chi connectivity index (χ1) is 5.37. The Morgan fingerprint density at radius 1 is 1.75 bits per heavy atom. The first-order valence-electron chi connectivity index (χ1n) is 3.18. The predicted molar refractivity (Wildman–Crippen MR) is 44.2 cm³/mol. The third kappa shape index (κ3) is 4.86. The Morgan fingerprint density at radius 2 is 2.25 bits per heavy atom. The molecule has 0 saturated heterocycles. The van der Waals surface area contributed by atoms with E-state index in [1.54, 1.807) is 0 Å². The van der Waals surface area contributed by atoms with Gasteiger partial charge in [-0.3, -0.25) is 4.79 Å². The summed E-state index contributed by atoms with van der Waals surface area (Å²) in [7, 11) is -3.47. The van der Waals surface area contributed by atoms with Gasteiger partial charge in [0.25, 0.3) is 0 Å². The third-order valence-corrected chi connectivity index (χ3v) is 1.77. The first kappa shape index (κ1) is 11.1. The summed E-state index contributed by atoms with van der Waals surface area (Å²) >= 11 is 0. The molecule has 0 aliphatic heterocycles. The lowest BCUT2D eigenvalue weighted by atomic mass is 10.2. The SMILES string of the molecule is C=CC[C@@H](NS(C)(=O)=O)C(=O)O. The van der Waals surface area contributed by atoms with Crippen LogP contribution in [0.5, 0.6) is 0 Å². The highest BCUT2D eigenvalue weighted by atomic mass is 32.2. The van der Waals surface area contributed by atoms with Gasteiger partial charge < -0.3 is 5.11 Å². The topological polar surface area (TPSA) is 83.5 Å². The van der Waals surface area contributed by atoms with Gasteiger partial charge >= 0.3 is 5.97 Å². The maximum absolute atomic E-state index is 10.6. The van der Waals surface area contributed by atoms with Crippen LogP contribution in [0.15, 0.2) is 12.7 Å². The molecular weight excluding hydrogens is 182 g/mol. The number of nitrogens with one attached hydrogen (secondary N) is 1. The molecule has 6 heteroatoms. The lowest BCUT2D eigenvalue weighted by Gasteiger charge is -2.09. The number of hydrogen-bond acceptors (Lipinski definition) is 3. The van der Waals surface area contributed by atoms with E-state index in [0.717, 1.165) is 6.26 Å². The van der Waals surface area contributed by atoms with Gasteiger partial charge in [-0.05, 0) is 6.42 Å². The molecule has 0 fully saturated rings. The lowest BCUT2D eigenvalue weighted by Crippen LogP contribution is -2.39. The molecule has 12 heavy (non-hydrogen) atoms. The molecule has 0 spiro atoms. The van der Waals surface area contributed by atoms with Crippen LogP contribution in [0.1, 0.15) is 6.42 Å². The number of aliphatic carboxylic acids is 1. The highest BCUT2D eigenvalue weighted by Crippen LogP contribution is 1.94. The van der Waals surface area contributed by atoms with Crippen molar-refractivity contribution in [3.05, 3.63) is 12.7 Å². The van der Waals surface area contributed by atoms with Gasteiger partial charge in [-0.25, -0.2) is 13.1 Å². The van der Waals surface area contributed by atoms with Gasteiger partial charge in [0.05, 0.1) is 6.26 Å². The Balaban J connectivity index is 4.34. The Morgan fingerprint density at radius 3 is 2.50 bits per heavy atom. The predicted octanol–water partition coefficient (Wildman–Crippen LogP) is -0.435. The molecule has 0 aliphatic carbocycles. The third-order valence-electron chi connectivity index (χ3n) is 1.06. The average molecular weight is 193 g/mol. The Kier molecular flexibility index (Phi) is 3.91. The average Bonchev–Trinajstić information content (AvgIpc) is 1.83. The van der Waals surface area contributed by atoms with Crippen molar-refractivity contribution < 1.29 is 18.3 Å². The van der Waals surface area contributed by atoms with Gasteiger partial charge in [-0.2, -0.15) is 0 Å². The fourth-order valence-corrected chi connectivity index (χ4v) is 1.34. The summed E-state index contributed by atoms with van der Waals surface area (Å²) in [6.45, 7) is 3.31. The smallest absolute Gasteiger partial charge is 0.322 e. The van der Waals surface area contributed by atoms with Gasteiger partial charge in [0.2, 0.25) is 10.0 Å². The van der Waals surface area contributed by atoms with E-state index in [-0.39, 0.29) is 6.42 Å². The van der Waals surface area contributed by atoms with Crippen molar-refractivity contribution in [1.82, 2.24) is 4.72 Å². The molecule has 0 aromatic heterocycles. The number of hydrogen-bond donors (Lipinski definition) is 2. The quantitative estimate of drug-likeness (QED) is 0.580. The van der Waals surface area contributed by atoms with Crippen LogP contribution in [0.3, 0.4) is 0 Å². The van der Waals surface area contributed by atoms with E-state index in [1.807, 2.05) is 4.72 Å². The second-order valence-electron chi connectivity index (χ2n) is 2.31. The zero-order valence-electron chi connectivity index (χ0n) is 6.65. The molecule has 2 N–H and O–H groups in total. The standard InChI is InChI=1S/C6H11NO4S/c1-3-4-5(6(8)9)7-12(2,10)11/h3,5,7H,1,4H2,2H3,(H,8,9)/t5-/m1/s1. The number of carbonyl (C=O) groups is 1. The minimum Gasteiger partial charge on any atom is -0.480 e. The van der Waals surface area contributed by atoms with Crippen LogP contribution in [-0.4, -0.2) is 31.8 Å². The summed E-state index contributed by atoms with van der Waals surface area (Å²) in [6.07, 6.45) is 2.32. The molecule has 0 rings (SSSR count). The summed E-state index contributed by atoms with van der Waals surface area (Å²) in [5, 5.41) is 8.49. The number of carboxylic acid groups (broad SMARTS) is 1. The van der Waals surface area contributed by atoms with E-state index in [4.69, 9.17) is 5.11 Å². The molecular formula is C6H11NO4S. The maximum atomic E-state index is 10.6. The van der Waals surface area contributed by atoms with Crippen molar-refractivity contribution in [3.63, 3.8) is 0 Å². The van der Waals surface area contributed by atoms with Crippen LogP contribution in [0, 0.1) is 0 Å². The zero-order valence-corrected chi connectivity index (χ0v) is 7.47. The second kappa shape index (κ2) is 4.22. The van der Waals surface area contributed by atoms with Crippen LogP contribution < -0.4 is 4.72 Å². The number of carboxylic acids is 1. The van der Waals surface area contributed by atoms with E-state index in [9.17, 15) is 13.2 Å². The Bertz CT molecular complexity index is 269. The number of sulfonamides is 1. The normalized spacial score (nSPS) is 13.8. The largest absolute Gasteiger partial charge is 0.480 e. The van der Waals surface area contributed by atoms with Gasteiger partial charge in [0.1, 0.15) is 6.04 Å². The van der Waals surface area contributed by atoms with Crippen molar-refractivity contribution >= 4 is 16.0 Å². The van der Waals surface area contributed by atoms with Crippen LogP contribution in [0.25, 0.3) is 0 Å². The van der Waals surface area contributed by atoms with Crippen molar-refractivity contribution in [2.24, 2.45) is 0 Å². The monoisotopic (exact) mass is 193 g/mol. The second-order valence-corrected chi connectivity index (χ2v) is 4.09. The van der Waals surface area contributed by atoms with Crippen LogP contribution in [-0.2, 0) is 14.8 Å². The Labute approximate surface area is 71.1 Å². The van der Waals surface area contributed by atoms with E-state index in [1.165, 1.54) is 6.08 Å². The molecule has 0 amide bonds. The molecule has 0 saturated carbocycles. The van der Waals surface area contributed by atoms with Crippen molar-refractivity contribution in [2.45, 2.75) is 12.5 Å². The molecule has 0 unspecified atom stereocenters. The molecule has 0 aromatic rings.